The summed E-state index contributed by atoms with van der Waals surface area (Å²) in [7, 11) is -1.90. The predicted octanol–water partition coefficient (Wildman–Crippen LogP) is 2.65. The standard InChI is InChI=1S/C14H21NO3S/c1-11-6-4-7-12(2)15(11)19(16,17)14-9-5-8-13(10-14)18-3/h5,8-12H,4,6-7H2,1-3H3. The SMILES string of the molecule is COc1cccc(S(=O)(=O)N2C(C)CCCC2C)c1. The van der Waals surface area contributed by atoms with Gasteiger partial charge in [0.1, 0.15) is 5.75 Å². The molecule has 0 amide bonds. The lowest BCUT2D eigenvalue weighted by molar-refractivity contribution is 0.204. The molecule has 1 aromatic carbocycles. The number of piperidine rings is 1. The van der Waals surface area contributed by atoms with Crippen molar-refractivity contribution < 1.29 is 13.2 Å². The van der Waals surface area contributed by atoms with Crippen molar-refractivity contribution in [3.05, 3.63) is 24.3 Å². The van der Waals surface area contributed by atoms with E-state index in [2.05, 4.69) is 0 Å². The third kappa shape index (κ3) is 2.77. The van der Waals surface area contributed by atoms with Crippen molar-refractivity contribution in [2.45, 2.75) is 50.1 Å². The van der Waals surface area contributed by atoms with Crippen LogP contribution in [0.5, 0.6) is 5.75 Å². The monoisotopic (exact) mass is 283 g/mol. The number of hydrogen-bond acceptors (Lipinski definition) is 3. The molecule has 1 fully saturated rings. The van der Waals surface area contributed by atoms with E-state index < -0.39 is 10.0 Å². The zero-order chi connectivity index (χ0) is 14.0. The first-order valence-corrected chi connectivity index (χ1v) is 8.08. The van der Waals surface area contributed by atoms with Crippen molar-refractivity contribution in [2.24, 2.45) is 0 Å². The van der Waals surface area contributed by atoms with Gasteiger partial charge in [-0.25, -0.2) is 8.42 Å². The highest BCUT2D eigenvalue weighted by Gasteiger charge is 2.35. The Labute approximate surface area is 115 Å². The average molecular weight is 283 g/mol. The van der Waals surface area contributed by atoms with Gasteiger partial charge in [0.05, 0.1) is 12.0 Å². The molecule has 106 valence electrons. The fraction of sp³-hybridized carbons (Fsp3) is 0.571. The molecule has 2 rings (SSSR count). The summed E-state index contributed by atoms with van der Waals surface area (Å²) in [5.41, 5.74) is 0. The molecule has 0 spiro atoms. The number of nitrogens with zero attached hydrogens (tertiary/aromatic N) is 1. The fourth-order valence-electron chi connectivity index (χ4n) is 2.75. The largest absolute Gasteiger partial charge is 0.497 e. The molecule has 0 bridgehead atoms. The Hall–Kier alpha value is -1.07. The molecule has 0 saturated carbocycles. The van der Waals surface area contributed by atoms with E-state index >= 15 is 0 Å². The highest BCUT2D eigenvalue weighted by molar-refractivity contribution is 7.89. The molecule has 2 unspecified atom stereocenters. The fourth-order valence-corrected chi connectivity index (χ4v) is 4.67. The maximum absolute atomic E-state index is 12.7. The number of ether oxygens (including phenoxy) is 1. The summed E-state index contributed by atoms with van der Waals surface area (Å²) in [5, 5.41) is 0. The summed E-state index contributed by atoms with van der Waals surface area (Å²) in [4.78, 5) is 0.312. The lowest BCUT2D eigenvalue weighted by atomic mass is 10.0. The van der Waals surface area contributed by atoms with Gasteiger partial charge in [-0.15, -0.1) is 0 Å². The number of benzene rings is 1. The number of hydrogen-bond donors (Lipinski definition) is 0. The maximum atomic E-state index is 12.7. The quantitative estimate of drug-likeness (QED) is 0.856. The van der Waals surface area contributed by atoms with Gasteiger partial charge in [0.25, 0.3) is 0 Å². The molecule has 5 heteroatoms. The van der Waals surface area contributed by atoms with Gasteiger partial charge in [-0.2, -0.15) is 4.31 Å². The van der Waals surface area contributed by atoms with Crippen molar-refractivity contribution >= 4 is 10.0 Å². The zero-order valence-electron chi connectivity index (χ0n) is 11.7. The van der Waals surface area contributed by atoms with Crippen LogP contribution >= 0.6 is 0 Å². The van der Waals surface area contributed by atoms with Crippen LogP contribution in [0, 0.1) is 0 Å². The van der Waals surface area contributed by atoms with Crippen LogP contribution in [0.25, 0.3) is 0 Å². The molecule has 1 aliphatic rings. The first-order chi connectivity index (χ1) is 8.96. The number of rotatable bonds is 3. The van der Waals surface area contributed by atoms with Crippen LogP contribution in [0.4, 0.5) is 0 Å². The van der Waals surface area contributed by atoms with Crippen LogP contribution in [0.2, 0.25) is 0 Å². The second-order valence-corrected chi connectivity index (χ2v) is 6.99. The molecule has 1 aliphatic heterocycles. The maximum Gasteiger partial charge on any atom is 0.243 e. The Morgan fingerprint density at radius 2 is 1.84 bits per heavy atom. The van der Waals surface area contributed by atoms with Gasteiger partial charge in [0.2, 0.25) is 10.0 Å². The van der Waals surface area contributed by atoms with Gasteiger partial charge in [-0.3, -0.25) is 0 Å². The zero-order valence-corrected chi connectivity index (χ0v) is 12.5. The molecule has 0 radical (unpaired) electrons. The predicted molar refractivity (Wildman–Crippen MR) is 74.8 cm³/mol. The summed E-state index contributed by atoms with van der Waals surface area (Å²) in [5.74, 6) is 0.568. The minimum Gasteiger partial charge on any atom is -0.497 e. The van der Waals surface area contributed by atoms with E-state index in [9.17, 15) is 8.42 Å². The van der Waals surface area contributed by atoms with Crippen LogP contribution in [0.1, 0.15) is 33.1 Å². The minimum atomic E-state index is -3.44. The summed E-state index contributed by atoms with van der Waals surface area (Å²) in [6.07, 6.45) is 2.94. The van der Waals surface area contributed by atoms with Gasteiger partial charge in [0.15, 0.2) is 0 Å². The van der Waals surface area contributed by atoms with Crippen molar-refractivity contribution in [2.75, 3.05) is 7.11 Å². The Morgan fingerprint density at radius 3 is 2.42 bits per heavy atom. The third-order valence-electron chi connectivity index (χ3n) is 3.73. The first kappa shape index (κ1) is 14.3. The van der Waals surface area contributed by atoms with Crippen molar-refractivity contribution in [3.8, 4) is 5.75 Å². The summed E-state index contributed by atoms with van der Waals surface area (Å²) in [6.45, 7) is 3.96. The average Bonchev–Trinajstić information content (AvgIpc) is 2.38. The highest BCUT2D eigenvalue weighted by atomic mass is 32.2. The van der Waals surface area contributed by atoms with E-state index in [1.165, 1.54) is 7.11 Å². The Bertz CT molecular complexity index is 531. The molecule has 1 heterocycles. The molecule has 19 heavy (non-hydrogen) atoms. The molecular weight excluding hydrogens is 262 g/mol. The third-order valence-corrected chi connectivity index (χ3v) is 5.85. The molecule has 2 atom stereocenters. The van der Waals surface area contributed by atoms with E-state index in [1.807, 2.05) is 13.8 Å². The minimum absolute atomic E-state index is 0.0555. The van der Waals surface area contributed by atoms with E-state index in [0.717, 1.165) is 19.3 Å². The van der Waals surface area contributed by atoms with Crippen LogP contribution in [-0.2, 0) is 10.0 Å². The molecule has 1 saturated heterocycles. The van der Waals surface area contributed by atoms with Crippen LogP contribution in [-0.4, -0.2) is 31.9 Å². The lowest BCUT2D eigenvalue weighted by Gasteiger charge is -2.37. The van der Waals surface area contributed by atoms with Crippen molar-refractivity contribution in [3.63, 3.8) is 0 Å². The van der Waals surface area contributed by atoms with Gasteiger partial charge < -0.3 is 4.74 Å². The van der Waals surface area contributed by atoms with E-state index in [-0.39, 0.29) is 12.1 Å². The molecular formula is C14H21NO3S. The van der Waals surface area contributed by atoms with Gasteiger partial charge in [0, 0.05) is 18.2 Å². The van der Waals surface area contributed by atoms with Gasteiger partial charge in [-0.05, 0) is 38.8 Å². The Balaban J connectivity index is 2.40. The van der Waals surface area contributed by atoms with Gasteiger partial charge >= 0.3 is 0 Å². The normalized spacial score (nSPS) is 25.2. The van der Waals surface area contributed by atoms with Crippen LogP contribution in [0.15, 0.2) is 29.2 Å². The molecule has 0 N–H and O–H groups in total. The van der Waals surface area contributed by atoms with Crippen LogP contribution < -0.4 is 4.74 Å². The smallest absolute Gasteiger partial charge is 0.243 e. The second kappa shape index (κ2) is 5.51. The highest BCUT2D eigenvalue weighted by Crippen LogP contribution is 2.30. The molecule has 0 aromatic heterocycles. The van der Waals surface area contributed by atoms with Gasteiger partial charge in [-0.1, -0.05) is 12.5 Å². The number of methoxy groups -OCH3 is 1. The first-order valence-electron chi connectivity index (χ1n) is 6.64. The molecule has 0 aliphatic carbocycles. The Morgan fingerprint density at radius 1 is 1.21 bits per heavy atom. The number of sulfonamides is 1. The van der Waals surface area contributed by atoms with Crippen LogP contribution in [0.3, 0.4) is 0 Å². The van der Waals surface area contributed by atoms with Crippen molar-refractivity contribution in [1.29, 1.82) is 0 Å². The molecule has 4 nitrogen and oxygen atoms in total. The summed E-state index contributed by atoms with van der Waals surface area (Å²) < 4.78 is 32.2. The van der Waals surface area contributed by atoms with E-state index in [0.29, 0.717) is 10.6 Å². The summed E-state index contributed by atoms with van der Waals surface area (Å²) in [6, 6.07) is 6.79. The summed E-state index contributed by atoms with van der Waals surface area (Å²) >= 11 is 0. The van der Waals surface area contributed by atoms with E-state index in [1.54, 1.807) is 28.6 Å². The second-order valence-electron chi connectivity index (χ2n) is 5.14. The lowest BCUT2D eigenvalue weighted by Crippen LogP contribution is -2.47. The Kier molecular flexibility index (Phi) is 4.16. The topological polar surface area (TPSA) is 46.6 Å². The van der Waals surface area contributed by atoms with E-state index in [4.69, 9.17) is 4.74 Å². The molecule has 1 aromatic rings. The van der Waals surface area contributed by atoms with Crippen molar-refractivity contribution in [1.82, 2.24) is 4.31 Å².